The molecule has 0 radical (unpaired) electrons. The number of halogens is 2. The molecule has 0 saturated carbocycles. The quantitative estimate of drug-likeness (QED) is 0.883. The number of nitrogens with one attached hydrogen (secondary N) is 2. The SMILES string of the molecule is Cl.Cl.O=C(Nc1ccc(Oc2ccncc2)cc1)C1CCNC1. The summed E-state index contributed by atoms with van der Waals surface area (Å²) >= 11 is 0. The van der Waals surface area contributed by atoms with Crippen LogP contribution in [0.15, 0.2) is 48.8 Å². The Balaban J connectivity index is 0.00000132. The minimum Gasteiger partial charge on any atom is -0.457 e. The van der Waals surface area contributed by atoms with Crippen molar-refractivity contribution >= 4 is 36.4 Å². The molecule has 7 heteroatoms. The first-order valence-corrected chi connectivity index (χ1v) is 7.01. The molecule has 1 fully saturated rings. The number of aromatic nitrogens is 1. The van der Waals surface area contributed by atoms with E-state index in [9.17, 15) is 4.79 Å². The number of pyridine rings is 1. The third-order valence-corrected chi connectivity index (χ3v) is 3.44. The van der Waals surface area contributed by atoms with Gasteiger partial charge < -0.3 is 15.4 Å². The lowest BCUT2D eigenvalue weighted by atomic mass is 10.1. The largest absolute Gasteiger partial charge is 0.457 e. The molecule has 124 valence electrons. The molecule has 2 aromatic rings. The Morgan fingerprint density at radius 2 is 1.74 bits per heavy atom. The van der Waals surface area contributed by atoms with Crippen molar-refractivity contribution in [1.82, 2.24) is 10.3 Å². The molecule has 5 nitrogen and oxygen atoms in total. The van der Waals surface area contributed by atoms with E-state index in [1.165, 1.54) is 0 Å². The average Bonchev–Trinajstić information content (AvgIpc) is 3.05. The van der Waals surface area contributed by atoms with Crippen molar-refractivity contribution in [3.05, 3.63) is 48.8 Å². The van der Waals surface area contributed by atoms with Gasteiger partial charge in [-0.15, -0.1) is 24.8 Å². The van der Waals surface area contributed by atoms with Gasteiger partial charge in [0.2, 0.25) is 5.91 Å². The Labute approximate surface area is 147 Å². The minimum absolute atomic E-state index is 0. The van der Waals surface area contributed by atoms with Gasteiger partial charge in [-0.25, -0.2) is 0 Å². The number of hydrogen-bond acceptors (Lipinski definition) is 4. The van der Waals surface area contributed by atoms with Crippen LogP contribution in [-0.2, 0) is 4.79 Å². The number of carbonyl (C=O) groups is 1. The second-order valence-electron chi connectivity index (χ2n) is 4.99. The van der Waals surface area contributed by atoms with E-state index in [4.69, 9.17) is 4.74 Å². The molecule has 1 aromatic heterocycles. The summed E-state index contributed by atoms with van der Waals surface area (Å²) in [7, 11) is 0. The molecule has 1 aliphatic heterocycles. The number of nitrogens with zero attached hydrogens (tertiary/aromatic N) is 1. The number of amides is 1. The van der Waals surface area contributed by atoms with Crippen molar-refractivity contribution in [2.24, 2.45) is 5.92 Å². The van der Waals surface area contributed by atoms with Crippen molar-refractivity contribution in [3.63, 3.8) is 0 Å². The number of anilines is 1. The smallest absolute Gasteiger partial charge is 0.228 e. The summed E-state index contributed by atoms with van der Waals surface area (Å²) in [6.07, 6.45) is 4.26. The van der Waals surface area contributed by atoms with Gasteiger partial charge in [-0.1, -0.05) is 0 Å². The summed E-state index contributed by atoms with van der Waals surface area (Å²) in [5, 5.41) is 6.12. The molecule has 1 aliphatic rings. The molecule has 1 amide bonds. The minimum atomic E-state index is 0. The van der Waals surface area contributed by atoms with Crippen molar-refractivity contribution in [3.8, 4) is 11.5 Å². The molecular weight excluding hydrogens is 337 g/mol. The third-order valence-electron chi connectivity index (χ3n) is 3.44. The fourth-order valence-electron chi connectivity index (χ4n) is 2.27. The lowest BCUT2D eigenvalue weighted by molar-refractivity contribution is -0.119. The van der Waals surface area contributed by atoms with Gasteiger partial charge in [0.1, 0.15) is 11.5 Å². The maximum atomic E-state index is 12.0. The van der Waals surface area contributed by atoms with Crippen LogP contribution in [0.4, 0.5) is 5.69 Å². The lowest BCUT2D eigenvalue weighted by Crippen LogP contribution is -2.24. The molecule has 0 bridgehead atoms. The van der Waals surface area contributed by atoms with E-state index in [-0.39, 0.29) is 36.6 Å². The van der Waals surface area contributed by atoms with Crippen molar-refractivity contribution < 1.29 is 9.53 Å². The van der Waals surface area contributed by atoms with Crippen LogP contribution in [0.5, 0.6) is 11.5 Å². The van der Waals surface area contributed by atoms with E-state index >= 15 is 0 Å². The molecule has 2 N–H and O–H groups in total. The van der Waals surface area contributed by atoms with Crippen molar-refractivity contribution in [2.45, 2.75) is 6.42 Å². The maximum Gasteiger partial charge on any atom is 0.228 e. The van der Waals surface area contributed by atoms with E-state index in [0.29, 0.717) is 0 Å². The van der Waals surface area contributed by atoms with Crippen LogP contribution < -0.4 is 15.4 Å². The van der Waals surface area contributed by atoms with Gasteiger partial charge in [0.05, 0.1) is 5.92 Å². The van der Waals surface area contributed by atoms with E-state index in [2.05, 4.69) is 15.6 Å². The average molecular weight is 356 g/mol. The highest BCUT2D eigenvalue weighted by molar-refractivity contribution is 5.92. The third kappa shape index (κ3) is 5.39. The van der Waals surface area contributed by atoms with E-state index in [0.717, 1.165) is 36.7 Å². The molecule has 2 heterocycles. The first-order valence-electron chi connectivity index (χ1n) is 7.01. The van der Waals surface area contributed by atoms with Gasteiger partial charge in [-0.2, -0.15) is 0 Å². The zero-order valence-corrected chi connectivity index (χ0v) is 14.0. The second-order valence-corrected chi connectivity index (χ2v) is 4.99. The van der Waals surface area contributed by atoms with Crippen molar-refractivity contribution in [2.75, 3.05) is 18.4 Å². The predicted molar refractivity (Wildman–Crippen MR) is 94.9 cm³/mol. The van der Waals surface area contributed by atoms with Gasteiger partial charge in [-0.3, -0.25) is 9.78 Å². The Morgan fingerprint density at radius 1 is 1.09 bits per heavy atom. The van der Waals surface area contributed by atoms with Crippen LogP contribution >= 0.6 is 24.8 Å². The molecule has 3 rings (SSSR count). The van der Waals surface area contributed by atoms with Gasteiger partial charge in [0.15, 0.2) is 0 Å². The Morgan fingerprint density at radius 3 is 2.35 bits per heavy atom. The number of rotatable bonds is 4. The summed E-state index contributed by atoms with van der Waals surface area (Å²) < 4.78 is 5.68. The lowest BCUT2D eigenvalue weighted by Gasteiger charge is -2.10. The highest BCUT2D eigenvalue weighted by Gasteiger charge is 2.22. The number of ether oxygens (including phenoxy) is 1. The fourth-order valence-corrected chi connectivity index (χ4v) is 2.27. The second kappa shape index (κ2) is 9.35. The highest BCUT2D eigenvalue weighted by Crippen LogP contribution is 2.22. The molecule has 1 unspecified atom stereocenters. The normalized spacial score (nSPS) is 15.9. The van der Waals surface area contributed by atoms with Gasteiger partial charge in [0.25, 0.3) is 0 Å². The fraction of sp³-hybridized carbons (Fsp3) is 0.250. The Bertz CT molecular complexity index is 602. The number of benzene rings is 1. The topological polar surface area (TPSA) is 63.2 Å². The molecule has 1 saturated heterocycles. The summed E-state index contributed by atoms with van der Waals surface area (Å²) in [5.74, 6) is 1.60. The van der Waals surface area contributed by atoms with E-state index in [1.807, 2.05) is 24.3 Å². The van der Waals surface area contributed by atoms with Crippen molar-refractivity contribution in [1.29, 1.82) is 0 Å². The molecule has 0 spiro atoms. The summed E-state index contributed by atoms with van der Waals surface area (Å²) in [6.45, 7) is 1.67. The monoisotopic (exact) mass is 355 g/mol. The van der Waals surface area contributed by atoms with Crippen LogP contribution in [-0.4, -0.2) is 24.0 Å². The van der Waals surface area contributed by atoms with Crippen LogP contribution in [0.3, 0.4) is 0 Å². The van der Waals surface area contributed by atoms with Gasteiger partial charge in [0, 0.05) is 24.6 Å². The first kappa shape index (κ1) is 19.2. The van der Waals surface area contributed by atoms with E-state index in [1.54, 1.807) is 24.5 Å². The number of carbonyl (C=O) groups excluding carboxylic acids is 1. The Hall–Kier alpha value is -1.82. The van der Waals surface area contributed by atoms with Crippen LogP contribution in [0.25, 0.3) is 0 Å². The molecule has 0 aliphatic carbocycles. The van der Waals surface area contributed by atoms with Crippen LogP contribution in [0.1, 0.15) is 6.42 Å². The van der Waals surface area contributed by atoms with Crippen LogP contribution in [0, 0.1) is 5.92 Å². The molecular formula is C16H19Cl2N3O2. The van der Waals surface area contributed by atoms with Gasteiger partial charge in [-0.05, 0) is 49.4 Å². The summed E-state index contributed by atoms with van der Waals surface area (Å²) in [6, 6.07) is 10.9. The summed E-state index contributed by atoms with van der Waals surface area (Å²) in [4.78, 5) is 15.9. The zero-order valence-electron chi connectivity index (χ0n) is 12.4. The Kier molecular flexibility index (Phi) is 7.81. The molecule has 1 atom stereocenters. The maximum absolute atomic E-state index is 12.0. The zero-order chi connectivity index (χ0) is 14.5. The molecule has 1 aromatic carbocycles. The van der Waals surface area contributed by atoms with Gasteiger partial charge >= 0.3 is 0 Å². The van der Waals surface area contributed by atoms with Crippen LogP contribution in [0.2, 0.25) is 0 Å². The summed E-state index contributed by atoms with van der Waals surface area (Å²) in [5.41, 5.74) is 0.786. The standard InChI is InChI=1S/C16H17N3O2.2ClH/c20-16(12-5-8-18-11-12)19-13-1-3-14(4-2-13)21-15-6-9-17-10-7-15;;/h1-4,6-7,9-10,12,18H,5,8,11H2,(H,19,20);2*1H. The predicted octanol–water partition coefficient (Wildman–Crippen LogP) is 3.27. The first-order chi connectivity index (χ1) is 10.3. The molecule has 23 heavy (non-hydrogen) atoms. The number of hydrogen-bond donors (Lipinski definition) is 2. The highest BCUT2D eigenvalue weighted by atomic mass is 35.5. The van der Waals surface area contributed by atoms with E-state index < -0.39 is 0 Å².